The molecule has 0 amide bonds. The molecule has 5 nitrogen and oxygen atoms in total. The fourth-order valence-corrected chi connectivity index (χ4v) is 2.49. The van der Waals surface area contributed by atoms with Crippen molar-refractivity contribution in [3.63, 3.8) is 0 Å². The molecule has 1 fully saturated rings. The lowest BCUT2D eigenvalue weighted by molar-refractivity contribution is 0.187. The first kappa shape index (κ1) is 14.2. The monoisotopic (exact) mass is 263 g/mol. The molecule has 106 valence electrons. The second kappa shape index (κ2) is 7.40. The molecule has 0 aromatic carbocycles. The third-order valence-electron chi connectivity index (χ3n) is 3.76. The molecule has 1 atom stereocenters. The molecule has 1 unspecified atom stereocenters. The van der Waals surface area contributed by atoms with Crippen LogP contribution < -0.4 is 10.2 Å². The minimum Gasteiger partial charge on any atom is -0.338 e. The maximum absolute atomic E-state index is 4.32. The lowest BCUT2D eigenvalue weighted by atomic mass is 10.1. The van der Waals surface area contributed by atoms with Crippen LogP contribution in [0, 0.1) is 0 Å². The fraction of sp³-hybridized carbons (Fsp3) is 0.714. The summed E-state index contributed by atoms with van der Waals surface area (Å²) < 4.78 is 0. The number of piperazine rings is 1. The fourth-order valence-electron chi connectivity index (χ4n) is 2.49. The molecule has 2 heterocycles. The summed E-state index contributed by atoms with van der Waals surface area (Å²) in [5.74, 6) is 0.863. The lowest BCUT2D eigenvalue weighted by Crippen LogP contribution is -2.50. The molecule has 0 aliphatic carbocycles. The quantitative estimate of drug-likeness (QED) is 0.775. The van der Waals surface area contributed by atoms with Crippen LogP contribution in [0.5, 0.6) is 0 Å². The molecule has 19 heavy (non-hydrogen) atoms. The molecule has 1 aliphatic rings. The van der Waals surface area contributed by atoms with E-state index in [0.717, 1.165) is 45.2 Å². The van der Waals surface area contributed by atoms with Gasteiger partial charge in [-0.15, -0.1) is 0 Å². The average molecular weight is 263 g/mol. The van der Waals surface area contributed by atoms with Crippen molar-refractivity contribution < 1.29 is 0 Å². The van der Waals surface area contributed by atoms with E-state index in [0.29, 0.717) is 6.04 Å². The number of hydrogen-bond donors (Lipinski definition) is 1. The molecule has 0 radical (unpaired) electrons. The highest BCUT2D eigenvalue weighted by atomic mass is 15.3. The van der Waals surface area contributed by atoms with Gasteiger partial charge in [-0.3, -0.25) is 4.90 Å². The number of aromatic nitrogens is 2. The summed E-state index contributed by atoms with van der Waals surface area (Å²) in [7, 11) is 0. The first-order valence-electron chi connectivity index (χ1n) is 7.28. The molecule has 1 aromatic heterocycles. The van der Waals surface area contributed by atoms with Crippen LogP contribution in [-0.2, 0) is 0 Å². The van der Waals surface area contributed by atoms with E-state index >= 15 is 0 Å². The first-order chi connectivity index (χ1) is 9.31. The molecule has 2 rings (SSSR count). The highest BCUT2D eigenvalue weighted by Crippen LogP contribution is 2.12. The van der Waals surface area contributed by atoms with Gasteiger partial charge in [0.2, 0.25) is 5.95 Å². The summed E-state index contributed by atoms with van der Waals surface area (Å²) in [6.45, 7) is 10.9. The Kier molecular flexibility index (Phi) is 5.54. The lowest BCUT2D eigenvalue weighted by Gasteiger charge is -2.38. The van der Waals surface area contributed by atoms with Crippen molar-refractivity contribution in [1.29, 1.82) is 0 Å². The van der Waals surface area contributed by atoms with Gasteiger partial charge in [0.15, 0.2) is 0 Å². The number of rotatable bonds is 6. The molecule has 1 saturated heterocycles. The van der Waals surface area contributed by atoms with Gasteiger partial charge in [-0.2, -0.15) is 0 Å². The SMILES string of the molecule is CCNCCC(C)N1CCN(c2ncccn2)CC1. The number of anilines is 1. The normalized spacial score (nSPS) is 18.5. The summed E-state index contributed by atoms with van der Waals surface area (Å²) in [5, 5.41) is 3.40. The van der Waals surface area contributed by atoms with Crippen molar-refractivity contribution in [2.45, 2.75) is 26.3 Å². The molecule has 5 heteroatoms. The van der Waals surface area contributed by atoms with Crippen molar-refractivity contribution >= 4 is 5.95 Å². The first-order valence-corrected chi connectivity index (χ1v) is 7.28. The average Bonchev–Trinajstić information content (AvgIpc) is 2.48. The topological polar surface area (TPSA) is 44.3 Å². The van der Waals surface area contributed by atoms with Gasteiger partial charge in [0.05, 0.1) is 0 Å². The molecular weight excluding hydrogens is 238 g/mol. The van der Waals surface area contributed by atoms with Crippen LogP contribution >= 0.6 is 0 Å². The Morgan fingerprint density at radius 1 is 1.21 bits per heavy atom. The van der Waals surface area contributed by atoms with Gasteiger partial charge in [0.25, 0.3) is 0 Å². The van der Waals surface area contributed by atoms with Crippen molar-refractivity contribution in [2.75, 3.05) is 44.2 Å². The van der Waals surface area contributed by atoms with Gasteiger partial charge < -0.3 is 10.2 Å². The van der Waals surface area contributed by atoms with Crippen LogP contribution in [0.1, 0.15) is 20.3 Å². The van der Waals surface area contributed by atoms with E-state index in [-0.39, 0.29) is 0 Å². The van der Waals surface area contributed by atoms with E-state index in [1.807, 2.05) is 18.5 Å². The van der Waals surface area contributed by atoms with Gasteiger partial charge in [-0.1, -0.05) is 6.92 Å². The van der Waals surface area contributed by atoms with E-state index < -0.39 is 0 Å². The van der Waals surface area contributed by atoms with Crippen LogP contribution in [0.25, 0.3) is 0 Å². The zero-order valence-corrected chi connectivity index (χ0v) is 12.0. The van der Waals surface area contributed by atoms with Crippen LogP contribution in [0.4, 0.5) is 5.95 Å². The molecular formula is C14H25N5. The van der Waals surface area contributed by atoms with Gasteiger partial charge in [-0.05, 0) is 32.5 Å². The predicted octanol–water partition coefficient (Wildman–Crippen LogP) is 0.987. The standard InChI is InChI=1S/C14H25N5/c1-3-15-8-5-13(2)18-9-11-19(12-10-18)14-16-6-4-7-17-14/h4,6-7,13,15H,3,5,8-12H2,1-2H3. The minimum atomic E-state index is 0.651. The van der Waals surface area contributed by atoms with Gasteiger partial charge in [0.1, 0.15) is 0 Å². The maximum atomic E-state index is 4.32. The number of hydrogen-bond acceptors (Lipinski definition) is 5. The Morgan fingerprint density at radius 2 is 1.89 bits per heavy atom. The zero-order chi connectivity index (χ0) is 13.5. The molecule has 1 aromatic rings. The summed E-state index contributed by atoms with van der Waals surface area (Å²) in [6, 6.07) is 2.51. The third-order valence-corrected chi connectivity index (χ3v) is 3.76. The number of nitrogens with one attached hydrogen (secondary N) is 1. The molecule has 0 spiro atoms. The second-order valence-electron chi connectivity index (χ2n) is 5.06. The largest absolute Gasteiger partial charge is 0.338 e. The predicted molar refractivity (Wildman–Crippen MR) is 78.4 cm³/mol. The Labute approximate surface area is 116 Å². The summed E-state index contributed by atoms with van der Waals surface area (Å²) in [4.78, 5) is 13.5. The minimum absolute atomic E-state index is 0.651. The van der Waals surface area contributed by atoms with Crippen molar-refractivity contribution in [3.8, 4) is 0 Å². The van der Waals surface area contributed by atoms with Crippen LogP contribution in [0.3, 0.4) is 0 Å². The number of nitrogens with zero attached hydrogens (tertiary/aromatic N) is 4. The van der Waals surface area contributed by atoms with Crippen molar-refractivity contribution in [3.05, 3.63) is 18.5 Å². The maximum Gasteiger partial charge on any atom is 0.225 e. The highest BCUT2D eigenvalue weighted by Gasteiger charge is 2.21. The second-order valence-corrected chi connectivity index (χ2v) is 5.06. The van der Waals surface area contributed by atoms with Gasteiger partial charge >= 0.3 is 0 Å². The van der Waals surface area contributed by atoms with E-state index in [1.54, 1.807) is 0 Å². The van der Waals surface area contributed by atoms with E-state index in [9.17, 15) is 0 Å². The van der Waals surface area contributed by atoms with Crippen molar-refractivity contribution in [1.82, 2.24) is 20.2 Å². The van der Waals surface area contributed by atoms with Gasteiger partial charge in [-0.25, -0.2) is 9.97 Å². The Balaban J connectivity index is 1.76. The third kappa shape index (κ3) is 4.14. The van der Waals surface area contributed by atoms with Crippen LogP contribution in [0.15, 0.2) is 18.5 Å². The molecule has 0 saturated carbocycles. The molecule has 0 bridgehead atoms. The van der Waals surface area contributed by atoms with E-state index in [4.69, 9.17) is 0 Å². The van der Waals surface area contributed by atoms with E-state index in [2.05, 4.69) is 38.9 Å². The Morgan fingerprint density at radius 3 is 2.53 bits per heavy atom. The Hall–Kier alpha value is -1.20. The van der Waals surface area contributed by atoms with Crippen LogP contribution in [-0.4, -0.2) is 60.2 Å². The summed E-state index contributed by atoms with van der Waals surface area (Å²) in [5.41, 5.74) is 0. The van der Waals surface area contributed by atoms with E-state index in [1.165, 1.54) is 6.42 Å². The summed E-state index contributed by atoms with van der Waals surface area (Å²) in [6.07, 6.45) is 4.84. The highest BCUT2D eigenvalue weighted by molar-refractivity contribution is 5.29. The molecule has 1 N–H and O–H groups in total. The van der Waals surface area contributed by atoms with Crippen LogP contribution in [0.2, 0.25) is 0 Å². The smallest absolute Gasteiger partial charge is 0.225 e. The zero-order valence-electron chi connectivity index (χ0n) is 12.0. The Bertz CT molecular complexity index is 348. The van der Waals surface area contributed by atoms with Crippen molar-refractivity contribution in [2.24, 2.45) is 0 Å². The summed E-state index contributed by atoms with van der Waals surface area (Å²) >= 11 is 0. The van der Waals surface area contributed by atoms with Gasteiger partial charge in [0, 0.05) is 44.6 Å². The molecule has 1 aliphatic heterocycles.